The minimum absolute atomic E-state index is 0.114. The van der Waals surface area contributed by atoms with Crippen molar-refractivity contribution in [2.45, 2.75) is 25.8 Å². The van der Waals surface area contributed by atoms with Gasteiger partial charge in [-0.2, -0.15) is 0 Å². The summed E-state index contributed by atoms with van der Waals surface area (Å²) in [5, 5.41) is 9.67. The Kier molecular flexibility index (Phi) is 4.86. The number of carbonyl (C=O) groups is 2. The minimum atomic E-state index is -0.941. The average molecular weight is 344 g/mol. The number of nitrogens with zero attached hydrogens (tertiary/aromatic N) is 1. The summed E-state index contributed by atoms with van der Waals surface area (Å²) >= 11 is 6.20. The number of hydrogen-bond acceptors (Lipinski definition) is 2. The van der Waals surface area contributed by atoms with Crippen molar-refractivity contribution in [3.8, 4) is 0 Å². The maximum atomic E-state index is 12.4. The first-order valence-corrected chi connectivity index (χ1v) is 8.28. The summed E-state index contributed by atoms with van der Waals surface area (Å²) in [6.45, 7) is 1.29. The van der Waals surface area contributed by atoms with E-state index in [1.165, 1.54) is 0 Å². The molecule has 1 aliphatic rings. The van der Waals surface area contributed by atoms with Gasteiger partial charge in [0, 0.05) is 24.5 Å². The standard InChI is InChI=1S/C19H18ClNO3/c20-17-3-1-2-15-12-21(11-10-16(15)17)18(22)9-6-13-4-7-14(8-5-13)19(23)24/h1-5,7-8H,6,9-12H2,(H,23,24). The molecule has 5 heteroatoms. The first-order valence-electron chi connectivity index (χ1n) is 7.91. The molecule has 3 rings (SSSR count). The van der Waals surface area contributed by atoms with Crippen LogP contribution in [0.1, 0.15) is 33.5 Å². The van der Waals surface area contributed by atoms with E-state index in [4.69, 9.17) is 16.7 Å². The lowest BCUT2D eigenvalue weighted by atomic mass is 9.99. The molecule has 0 spiro atoms. The van der Waals surface area contributed by atoms with Crippen LogP contribution in [0.4, 0.5) is 0 Å². The largest absolute Gasteiger partial charge is 0.478 e. The smallest absolute Gasteiger partial charge is 0.335 e. The Hall–Kier alpha value is -2.33. The molecule has 1 N–H and O–H groups in total. The lowest BCUT2D eigenvalue weighted by Crippen LogP contribution is -2.36. The van der Waals surface area contributed by atoms with Gasteiger partial charge in [0.25, 0.3) is 0 Å². The molecule has 0 saturated carbocycles. The third-order valence-corrected chi connectivity index (χ3v) is 4.74. The average Bonchev–Trinajstić information content (AvgIpc) is 2.60. The van der Waals surface area contributed by atoms with Crippen molar-refractivity contribution in [2.24, 2.45) is 0 Å². The van der Waals surface area contributed by atoms with Gasteiger partial charge in [0.1, 0.15) is 0 Å². The zero-order valence-corrected chi connectivity index (χ0v) is 13.9. The monoisotopic (exact) mass is 343 g/mol. The van der Waals surface area contributed by atoms with Crippen molar-refractivity contribution < 1.29 is 14.7 Å². The quantitative estimate of drug-likeness (QED) is 0.923. The van der Waals surface area contributed by atoms with E-state index in [-0.39, 0.29) is 11.5 Å². The third-order valence-electron chi connectivity index (χ3n) is 4.39. The van der Waals surface area contributed by atoms with Crippen molar-refractivity contribution in [2.75, 3.05) is 6.54 Å². The fourth-order valence-corrected chi connectivity index (χ4v) is 3.29. The van der Waals surface area contributed by atoms with Crippen LogP contribution in [-0.4, -0.2) is 28.4 Å². The summed E-state index contributed by atoms with van der Waals surface area (Å²) < 4.78 is 0. The van der Waals surface area contributed by atoms with Crippen molar-refractivity contribution >= 4 is 23.5 Å². The second kappa shape index (κ2) is 7.05. The van der Waals surface area contributed by atoms with Gasteiger partial charge in [-0.1, -0.05) is 35.9 Å². The molecule has 4 nitrogen and oxygen atoms in total. The number of amides is 1. The first-order chi connectivity index (χ1) is 11.5. The molecule has 2 aromatic rings. The SMILES string of the molecule is O=C(O)c1ccc(CCC(=O)N2CCc3c(Cl)cccc3C2)cc1. The number of benzene rings is 2. The zero-order valence-electron chi connectivity index (χ0n) is 13.2. The fraction of sp³-hybridized carbons (Fsp3) is 0.263. The Balaban J connectivity index is 1.59. The second-order valence-electron chi connectivity index (χ2n) is 5.94. The van der Waals surface area contributed by atoms with Crippen molar-refractivity contribution in [1.82, 2.24) is 4.90 Å². The van der Waals surface area contributed by atoms with Gasteiger partial charge in [-0.15, -0.1) is 0 Å². The van der Waals surface area contributed by atoms with Crippen LogP contribution >= 0.6 is 11.6 Å². The van der Waals surface area contributed by atoms with E-state index in [0.29, 0.717) is 25.9 Å². The van der Waals surface area contributed by atoms with Gasteiger partial charge in [0.15, 0.2) is 0 Å². The van der Waals surface area contributed by atoms with Gasteiger partial charge >= 0.3 is 5.97 Å². The molecule has 124 valence electrons. The Morgan fingerprint density at radius 1 is 1.12 bits per heavy atom. The van der Waals surface area contributed by atoms with E-state index in [1.807, 2.05) is 23.1 Å². The van der Waals surface area contributed by atoms with Crippen LogP contribution in [0.15, 0.2) is 42.5 Å². The molecule has 24 heavy (non-hydrogen) atoms. The fourth-order valence-electron chi connectivity index (χ4n) is 3.00. The molecular weight excluding hydrogens is 326 g/mol. The van der Waals surface area contributed by atoms with Crippen LogP contribution in [0.2, 0.25) is 5.02 Å². The highest BCUT2D eigenvalue weighted by atomic mass is 35.5. The molecular formula is C19H18ClNO3. The maximum Gasteiger partial charge on any atom is 0.335 e. The van der Waals surface area contributed by atoms with E-state index < -0.39 is 5.97 Å². The van der Waals surface area contributed by atoms with Crippen LogP contribution in [0, 0.1) is 0 Å². The number of carboxylic acids is 1. The van der Waals surface area contributed by atoms with E-state index in [0.717, 1.165) is 28.1 Å². The molecule has 0 atom stereocenters. The molecule has 0 bridgehead atoms. The Labute approximate surface area is 145 Å². The number of halogens is 1. The normalized spacial score (nSPS) is 13.5. The summed E-state index contributed by atoms with van der Waals surface area (Å²) in [6.07, 6.45) is 1.81. The number of carboxylic acid groups (broad SMARTS) is 1. The highest BCUT2D eigenvalue weighted by Crippen LogP contribution is 2.26. The summed E-state index contributed by atoms with van der Waals surface area (Å²) in [7, 11) is 0. The van der Waals surface area contributed by atoms with Gasteiger partial charge in [-0.3, -0.25) is 4.79 Å². The second-order valence-corrected chi connectivity index (χ2v) is 6.35. The molecule has 2 aromatic carbocycles. The molecule has 0 fully saturated rings. The number of hydrogen-bond donors (Lipinski definition) is 1. The first kappa shape index (κ1) is 16.5. The molecule has 0 aromatic heterocycles. The van der Waals surface area contributed by atoms with Crippen molar-refractivity contribution in [3.63, 3.8) is 0 Å². The number of carbonyl (C=O) groups excluding carboxylic acids is 1. The van der Waals surface area contributed by atoms with Gasteiger partial charge in [0.2, 0.25) is 5.91 Å². The lowest BCUT2D eigenvalue weighted by molar-refractivity contribution is -0.132. The Bertz CT molecular complexity index is 771. The van der Waals surface area contributed by atoms with Gasteiger partial charge in [0.05, 0.1) is 5.56 Å². The molecule has 1 aliphatic heterocycles. The van der Waals surface area contributed by atoms with Crippen LogP contribution < -0.4 is 0 Å². The van der Waals surface area contributed by atoms with Crippen molar-refractivity contribution in [1.29, 1.82) is 0 Å². The highest BCUT2D eigenvalue weighted by Gasteiger charge is 2.21. The predicted molar refractivity (Wildman–Crippen MR) is 92.3 cm³/mol. The van der Waals surface area contributed by atoms with E-state index >= 15 is 0 Å². The number of fused-ring (bicyclic) bond motifs is 1. The van der Waals surface area contributed by atoms with Gasteiger partial charge in [-0.05, 0) is 47.7 Å². The van der Waals surface area contributed by atoms with E-state index in [2.05, 4.69) is 0 Å². The van der Waals surface area contributed by atoms with Crippen molar-refractivity contribution in [3.05, 3.63) is 69.7 Å². The molecule has 0 unspecified atom stereocenters. The topological polar surface area (TPSA) is 57.6 Å². The summed E-state index contributed by atoms with van der Waals surface area (Å²) in [4.78, 5) is 25.1. The van der Waals surface area contributed by atoms with Crippen LogP contribution in [0.3, 0.4) is 0 Å². The molecule has 1 amide bonds. The van der Waals surface area contributed by atoms with E-state index in [1.54, 1.807) is 24.3 Å². The highest BCUT2D eigenvalue weighted by molar-refractivity contribution is 6.31. The zero-order chi connectivity index (χ0) is 17.1. The van der Waals surface area contributed by atoms with Crippen LogP contribution in [-0.2, 0) is 24.2 Å². The Morgan fingerprint density at radius 3 is 2.58 bits per heavy atom. The molecule has 0 radical (unpaired) electrons. The Morgan fingerprint density at radius 2 is 1.88 bits per heavy atom. The van der Waals surface area contributed by atoms with Crippen LogP contribution in [0.5, 0.6) is 0 Å². The maximum absolute atomic E-state index is 12.4. The van der Waals surface area contributed by atoms with E-state index in [9.17, 15) is 9.59 Å². The number of aromatic carboxylic acids is 1. The summed E-state index contributed by atoms with van der Waals surface area (Å²) in [5.74, 6) is -0.828. The molecule has 0 aliphatic carbocycles. The van der Waals surface area contributed by atoms with Gasteiger partial charge < -0.3 is 10.0 Å². The molecule has 0 saturated heterocycles. The third kappa shape index (κ3) is 3.60. The molecule has 1 heterocycles. The number of aryl methyl sites for hydroxylation is 1. The lowest BCUT2D eigenvalue weighted by Gasteiger charge is -2.29. The number of rotatable bonds is 4. The van der Waals surface area contributed by atoms with Crippen LogP contribution in [0.25, 0.3) is 0 Å². The minimum Gasteiger partial charge on any atom is -0.478 e. The summed E-state index contributed by atoms with van der Waals surface area (Å²) in [6, 6.07) is 12.5. The predicted octanol–water partition coefficient (Wildman–Crippen LogP) is 3.56. The summed E-state index contributed by atoms with van der Waals surface area (Å²) in [5.41, 5.74) is 3.49. The van der Waals surface area contributed by atoms with Gasteiger partial charge in [-0.25, -0.2) is 4.79 Å².